The highest BCUT2D eigenvalue weighted by molar-refractivity contribution is 5.97. The van der Waals surface area contributed by atoms with Crippen LogP contribution in [-0.2, 0) is 35.2 Å². The number of H-pyrrole nitrogens is 1. The average molecular weight is 809 g/mol. The molecule has 1 saturated heterocycles. The molecule has 1 aliphatic heterocycles. The summed E-state index contributed by atoms with van der Waals surface area (Å²) in [4.78, 5) is 87.9. The molecule has 0 aliphatic carbocycles. The predicted molar refractivity (Wildman–Crippen MR) is 225 cm³/mol. The smallest absolute Gasteiger partial charge is 0.246 e. The van der Waals surface area contributed by atoms with E-state index in [0.29, 0.717) is 0 Å². The fourth-order valence-corrected chi connectivity index (χ4v) is 7.04. The quantitative estimate of drug-likeness (QED) is 0.183. The number of para-hydroxylation sites is 1. The van der Waals surface area contributed by atoms with E-state index in [1.165, 1.54) is 13.8 Å². The number of hydrogen-bond acceptors (Lipinski definition) is 8. The molecule has 7 atom stereocenters. The summed E-state index contributed by atoms with van der Waals surface area (Å²) in [6.45, 7) is 25.1. The Bertz CT molecular complexity index is 1790. The molecule has 0 bridgehead atoms. The Balaban J connectivity index is 2.19. The number of rotatable bonds is 9. The normalized spacial score (nSPS) is 25.6. The molecule has 0 radical (unpaired) electrons. The van der Waals surface area contributed by atoms with E-state index >= 15 is 0 Å². The molecule has 0 spiro atoms. The summed E-state index contributed by atoms with van der Waals surface area (Å²) in [5.74, 6) is -5.30. The zero-order valence-electron chi connectivity index (χ0n) is 36.3. The molecule has 15 heteroatoms. The summed E-state index contributed by atoms with van der Waals surface area (Å²) in [6.07, 6.45) is 2.01. The lowest BCUT2D eigenvalue weighted by molar-refractivity contribution is -0.137. The Kier molecular flexibility index (Phi) is 16.5. The molecular weight excluding hydrogens is 741 g/mol. The van der Waals surface area contributed by atoms with Crippen molar-refractivity contribution in [1.29, 1.82) is 0 Å². The standard InChI is InChI=1S/C43H68N8O7/c1-21(2)18-30-38(53)49-34(24(7)8)41(56)50-35(25(9)10)40(55)48-32(22(3)4)26(11)45-36(43(12,13)58)42(57)51-33(23(5)6)39(54)47-31(37(52)46-30)19-27-20-44-29-17-15-14-16-28(27)29/h14-17,20-25,30-36,44-45,58H,11,18-19H2,1-10,12-13H3,(H,46,52)(H,47,54)(H,48,55)(H,49,53)(H,50,56)(H,51,57)/t30-,31+,32+,33-,34+,35-,36-/m1/s1. The number of hydrogen-bond donors (Lipinski definition) is 9. The molecular formula is C43H68N8O7. The largest absolute Gasteiger partial charge is 0.388 e. The lowest BCUT2D eigenvalue weighted by Crippen LogP contribution is -2.63. The zero-order chi connectivity index (χ0) is 43.8. The summed E-state index contributed by atoms with van der Waals surface area (Å²) in [5.41, 5.74) is 0.0993. The van der Waals surface area contributed by atoms with Crippen LogP contribution in [0.4, 0.5) is 0 Å². The first-order valence-electron chi connectivity index (χ1n) is 20.5. The summed E-state index contributed by atoms with van der Waals surface area (Å²) in [7, 11) is 0. The zero-order valence-corrected chi connectivity index (χ0v) is 36.3. The first kappa shape index (κ1) is 47.5. The van der Waals surface area contributed by atoms with Gasteiger partial charge < -0.3 is 47.3 Å². The van der Waals surface area contributed by atoms with E-state index in [0.717, 1.165) is 16.5 Å². The van der Waals surface area contributed by atoms with Gasteiger partial charge >= 0.3 is 0 Å². The maximum atomic E-state index is 14.4. The van der Waals surface area contributed by atoms with Crippen LogP contribution in [0.2, 0.25) is 0 Å². The van der Waals surface area contributed by atoms with Gasteiger partial charge in [0.05, 0.1) is 11.6 Å². The van der Waals surface area contributed by atoms with Crippen LogP contribution < -0.4 is 37.2 Å². The number of aromatic nitrogens is 1. The van der Waals surface area contributed by atoms with Gasteiger partial charge in [-0.3, -0.25) is 28.8 Å². The highest BCUT2D eigenvalue weighted by Gasteiger charge is 2.40. The predicted octanol–water partition coefficient (Wildman–Crippen LogP) is 2.55. The first-order chi connectivity index (χ1) is 26.9. The fourth-order valence-electron chi connectivity index (χ4n) is 7.04. The van der Waals surface area contributed by atoms with Crippen molar-refractivity contribution in [1.82, 2.24) is 42.2 Å². The second kappa shape index (κ2) is 20.2. The molecule has 9 N–H and O–H groups in total. The van der Waals surface area contributed by atoms with E-state index in [2.05, 4.69) is 48.8 Å². The van der Waals surface area contributed by atoms with Crippen LogP contribution >= 0.6 is 0 Å². The van der Waals surface area contributed by atoms with Gasteiger partial charge in [-0.05, 0) is 61.5 Å². The molecule has 3 rings (SSSR count). The minimum atomic E-state index is -1.69. The van der Waals surface area contributed by atoms with Crippen LogP contribution in [0.1, 0.15) is 95.1 Å². The van der Waals surface area contributed by atoms with Crippen molar-refractivity contribution >= 4 is 46.3 Å². The van der Waals surface area contributed by atoms with E-state index in [9.17, 15) is 33.9 Å². The second-order valence-electron chi connectivity index (χ2n) is 18.0. The van der Waals surface area contributed by atoms with Crippen LogP contribution in [0.25, 0.3) is 10.9 Å². The number of carbonyl (C=O) groups is 6. The molecule has 1 fully saturated rings. The van der Waals surface area contributed by atoms with Crippen LogP contribution in [0.3, 0.4) is 0 Å². The van der Waals surface area contributed by atoms with Crippen LogP contribution in [-0.4, -0.2) is 93.4 Å². The average Bonchev–Trinajstić information content (AvgIpc) is 3.52. The van der Waals surface area contributed by atoms with Gasteiger partial charge in [0.15, 0.2) is 0 Å². The van der Waals surface area contributed by atoms with Crippen LogP contribution in [0, 0.1) is 29.6 Å². The minimum Gasteiger partial charge on any atom is -0.388 e. The molecule has 1 aromatic carbocycles. The molecule has 322 valence electrons. The highest BCUT2D eigenvalue weighted by atomic mass is 16.3. The van der Waals surface area contributed by atoms with Crippen molar-refractivity contribution in [3.8, 4) is 0 Å². The van der Waals surface area contributed by atoms with Crippen molar-refractivity contribution < 1.29 is 33.9 Å². The van der Waals surface area contributed by atoms with Gasteiger partial charge in [0.1, 0.15) is 36.3 Å². The Morgan fingerprint density at radius 1 is 0.586 bits per heavy atom. The summed E-state index contributed by atoms with van der Waals surface area (Å²) >= 11 is 0. The number of aliphatic hydroxyl groups is 1. The molecule has 2 aromatic rings. The van der Waals surface area contributed by atoms with Crippen molar-refractivity contribution in [2.75, 3.05) is 0 Å². The Hall–Kier alpha value is -4.92. The summed E-state index contributed by atoms with van der Waals surface area (Å²) in [5, 5.41) is 32.3. The number of nitrogens with one attached hydrogen (secondary N) is 8. The molecule has 6 amide bonds. The number of carbonyl (C=O) groups excluding carboxylic acids is 6. The Morgan fingerprint density at radius 2 is 1.02 bits per heavy atom. The Labute approximate surface area is 343 Å². The number of benzene rings is 1. The molecule has 1 aromatic heterocycles. The lowest BCUT2D eigenvalue weighted by Gasteiger charge is -2.36. The van der Waals surface area contributed by atoms with Crippen molar-refractivity contribution in [2.24, 2.45) is 29.6 Å². The number of aromatic amines is 1. The third-order valence-electron chi connectivity index (χ3n) is 10.5. The molecule has 58 heavy (non-hydrogen) atoms. The maximum Gasteiger partial charge on any atom is 0.246 e. The van der Waals surface area contributed by atoms with E-state index < -0.39 is 95.2 Å². The number of fused-ring (bicyclic) bond motifs is 1. The third-order valence-corrected chi connectivity index (χ3v) is 10.5. The lowest BCUT2D eigenvalue weighted by atomic mass is 9.93. The van der Waals surface area contributed by atoms with Gasteiger partial charge in [-0.2, -0.15) is 0 Å². The summed E-state index contributed by atoms with van der Waals surface area (Å²) in [6, 6.07) is -0.136. The molecule has 15 nitrogen and oxygen atoms in total. The minimum absolute atomic E-state index is 0.0370. The number of amides is 6. The van der Waals surface area contributed by atoms with Crippen LogP contribution in [0.5, 0.6) is 0 Å². The third kappa shape index (κ3) is 12.5. The van der Waals surface area contributed by atoms with Crippen molar-refractivity contribution in [3.63, 3.8) is 0 Å². The van der Waals surface area contributed by atoms with E-state index in [4.69, 9.17) is 0 Å². The van der Waals surface area contributed by atoms with Gasteiger partial charge in [0.25, 0.3) is 0 Å². The van der Waals surface area contributed by atoms with Crippen molar-refractivity contribution in [3.05, 3.63) is 48.3 Å². The van der Waals surface area contributed by atoms with Crippen LogP contribution in [0.15, 0.2) is 42.7 Å². The van der Waals surface area contributed by atoms with Crippen molar-refractivity contribution in [2.45, 2.75) is 144 Å². The maximum absolute atomic E-state index is 14.4. The van der Waals surface area contributed by atoms with Gasteiger partial charge in [-0.25, -0.2) is 0 Å². The molecule has 1 aliphatic rings. The fraction of sp³-hybridized carbons (Fsp3) is 0.628. The highest BCUT2D eigenvalue weighted by Crippen LogP contribution is 2.21. The van der Waals surface area contributed by atoms with Gasteiger partial charge in [0, 0.05) is 29.2 Å². The monoisotopic (exact) mass is 809 g/mol. The van der Waals surface area contributed by atoms with E-state index in [-0.39, 0.29) is 36.3 Å². The van der Waals surface area contributed by atoms with E-state index in [1.54, 1.807) is 47.7 Å². The topological polar surface area (TPSA) is 223 Å². The summed E-state index contributed by atoms with van der Waals surface area (Å²) < 4.78 is 0. The SMILES string of the molecule is C=C1N[C@@H](C(C)(C)O)C(=O)N[C@H](C(C)C)C(=O)N[C@@H](Cc2c[nH]c3ccccc23)C(=O)N[C@H](CC(C)C)C(=O)N[C@@H](C(C)C)C(=O)N[C@H](C(C)C)C(=O)N[C@H]1C(C)C. The van der Waals surface area contributed by atoms with Gasteiger partial charge in [-0.15, -0.1) is 0 Å². The Morgan fingerprint density at radius 3 is 1.52 bits per heavy atom. The first-order valence-corrected chi connectivity index (χ1v) is 20.5. The van der Waals surface area contributed by atoms with E-state index in [1.807, 2.05) is 52.0 Å². The molecule has 0 saturated carbocycles. The molecule has 2 heterocycles. The van der Waals surface area contributed by atoms with Gasteiger partial charge in [-0.1, -0.05) is 94.0 Å². The second-order valence-corrected chi connectivity index (χ2v) is 18.0. The molecule has 0 unspecified atom stereocenters. The van der Waals surface area contributed by atoms with Gasteiger partial charge in [0.2, 0.25) is 35.4 Å².